The first-order valence-electron chi connectivity index (χ1n) is 3.74. The van der Waals surface area contributed by atoms with Gasteiger partial charge in [0.2, 0.25) is 0 Å². The number of aromatic nitrogens is 4. The van der Waals surface area contributed by atoms with E-state index in [9.17, 15) is 0 Å². The Bertz CT molecular complexity index is 445. The Labute approximate surface area is 73.9 Å². The van der Waals surface area contributed by atoms with Crippen molar-refractivity contribution in [2.45, 2.75) is 6.42 Å². The van der Waals surface area contributed by atoms with Crippen LogP contribution in [0.5, 0.6) is 0 Å². The van der Waals surface area contributed by atoms with Gasteiger partial charge in [0.25, 0.3) is 5.78 Å². The molecule has 2 rings (SSSR count). The summed E-state index contributed by atoms with van der Waals surface area (Å²) >= 11 is 0. The Balaban J connectivity index is 2.51. The van der Waals surface area contributed by atoms with Gasteiger partial charge in [0.1, 0.15) is 0 Å². The molecule has 2 heterocycles. The molecule has 0 aromatic carbocycles. The molecule has 2 aromatic heterocycles. The van der Waals surface area contributed by atoms with Crippen LogP contribution in [0.15, 0.2) is 18.6 Å². The van der Waals surface area contributed by atoms with E-state index in [1.807, 2.05) is 0 Å². The molecule has 0 spiro atoms. The molecule has 0 fully saturated rings. The number of rotatable bonds is 2. The van der Waals surface area contributed by atoms with Gasteiger partial charge in [0, 0.05) is 12.6 Å². The predicted octanol–water partition coefficient (Wildman–Crippen LogP) is -0.397. The standard InChI is InChI=1S/C7H8N6/c8-6(9)3-5-4-10-7-12-11-1-2-13(5)7/h1-2,4H,3H2,(H3,8,9). The highest BCUT2D eigenvalue weighted by Crippen LogP contribution is 2.02. The molecule has 66 valence electrons. The third-order valence-electron chi connectivity index (χ3n) is 1.66. The molecule has 3 N–H and O–H groups in total. The highest BCUT2D eigenvalue weighted by atomic mass is 15.2. The number of imidazole rings is 1. The summed E-state index contributed by atoms with van der Waals surface area (Å²) in [4.78, 5) is 4.01. The number of hydrogen-bond donors (Lipinski definition) is 2. The summed E-state index contributed by atoms with van der Waals surface area (Å²) in [6.07, 6.45) is 5.34. The van der Waals surface area contributed by atoms with E-state index in [1.54, 1.807) is 23.0 Å². The van der Waals surface area contributed by atoms with E-state index >= 15 is 0 Å². The monoisotopic (exact) mass is 176 g/mol. The van der Waals surface area contributed by atoms with Gasteiger partial charge in [0.05, 0.1) is 23.9 Å². The molecule has 0 unspecified atom stereocenters. The number of amidine groups is 1. The van der Waals surface area contributed by atoms with Gasteiger partial charge in [-0.25, -0.2) is 4.98 Å². The molecule has 0 aliphatic carbocycles. The van der Waals surface area contributed by atoms with Crippen molar-refractivity contribution in [3.8, 4) is 0 Å². The molecule has 0 saturated carbocycles. The van der Waals surface area contributed by atoms with Gasteiger partial charge < -0.3 is 5.73 Å². The van der Waals surface area contributed by atoms with Crippen molar-refractivity contribution in [3.63, 3.8) is 0 Å². The quantitative estimate of drug-likeness (QED) is 0.481. The molecular weight excluding hydrogens is 168 g/mol. The number of nitrogens with one attached hydrogen (secondary N) is 1. The number of nitrogens with two attached hydrogens (primary N) is 1. The van der Waals surface area contributed by atoms with Gasteiger partial charge in [-0.1, -0.05) is 0 Å². The number of fused-ring (bicyclic) bond motifs is 1. The SMILES string of the molecule is N=C(N)Cc1cnc2nnccn12. The second-order valence-electron chi connectivity index (χ2n) is 2.64. The lowest BCUT2D eigenvalue weighted by Crippen LogP contribution is -2.14. The molecular formula is C7H8N6. The van der Waals surface area contributed by atoms with Crippen LogP contribution >= 0.6 is 0 Å². The topological polar surface area (TPSA) is 93.0 Å². The van der Waals surface area contributed by atoms with Crippen LogP contribution in [-0.4, -0.2) is 25.4 Å². The summed E-state index contributed by atoms with van der Waals surface area (Å²) in [5.41, 5.74) is 6.13. The van der Waals surface area contributed by atoms with E-state index in [0.717, 1.165) is 5.69 Å². The van der Waals surface area contributed by atoms with Crippen LogP contribution in [0.25, 0.3) is 5.78 Å². The lowest BCUT2D eigenvalue weighted by Gasteiger charge is -1.97. The second kappa shape index (κ2) is 2.81. The Kier molecular flexibility index (Phi) is 1.66. The summed E-state index contributed by atoms with van der Waals surface area (Å²) in [6.45, 7) is 0. The minimum atomic E-state index is 0.110. The molecule has 0 aliphatic heterocycles. The van der Waals surface area contributed by atoms with Crippen LogP contribution in [-0.2, 0) is 6.42 Å². The van der Waals surface area contributed by atoms with Crippen molar-refractivity contribution >= 4 is 11.6 Å². The van der Waals surface area contributed by atoms with E-state index < -0.39 is 0 Å². The van der Waals surface area contributed by atoms with Crippen molar-refractivity contribution in [2.24, 2.45) is 5.73 Å². The van der Waals surface area contributed by atoms with Crippen LogP contribution in [0.1, 0.15) is 5.69 Å². The molecule has 0 bridgehead atoms. The lowest BCUT2D eigenvalue weighted by atomic mass is 10.3. The van der Waals surface area contributed by atoms with E-state index in [4.69, 9.17) is 11.1 Å². The van der Waals surface area contributed by atoms with Gasteiger partial charge >= 0.3 is 0 Å². The predicted molar refractivity (Wildman–Crippen MR) is 46.4 cm³/mol. The van der Waals surface area contributed by atoms with E-state index in [1.165, 1.54) is 0 Å². The fourth-order valence-corrected chi connectivity index (χ4v) is 1.13. The van der Waals surface area contributed by atoms with E-state index in [2.05, 4.69) is 15.2 Å². The Morgan fingerprint density at radius 1 is 1.62 bits per heavy atom. The van der Waals surface area contributed by atoms with Gasteiger partial charge in [-0.15, -0.1) is 5.10 Å². The van der Waals surface area contributed by atoms with Crippen molar-refractivity contribution < 1.29 is 0 Å². The first-order valence-corrected chi connectivity index (χ1v) is 3.74. The Morgan fingerprint density at radius 2 is 2.46 bits per heavy atom. The van der Waals surface area contributed by atoms with Gasteiger partial charge in [0.15, 0.2) is 0 Å². The molecule has 0 atom stereocenters. The fourth-order valence-electron chi connectivity index (χ4n) is 1.13. The van der Waals surface area contributed by atoms with Crippen molar-refractivity contribution in [3.05, 3.63) is 24.3 Å². The lowest BCUT2D eigenvalue weighted by molar-refractivity contribution is 0.940. The molecule has 0 radical (unpaired) electrons. The molecule has 0 aliphatic rings. The summed E-state index contributed by atoms with van der Waals surface area (Å²) in [5, 5.41) is 14.6. The normalized spacial score (nSPS) is 10.5. The number of nitrogens with zero attached hydrogens (tertiary/aromatic N) is 4. The van der Waals surface area contributed by atoms with Crippen LogP contribution in [0.2, 0.25) is 0 Å². The minimum absolute atomic E-state index is 0.110. The summed E-state index contributed by atoms with van der Waals surface area (Å²) < 4.78 is 1.76. The highest BCUT2D eigenvalue weighted by Gasteiger charge is 2.03. The maximum Gasteiger partial charge on any atom is 0.253 e. The zero-order chi connectivity index (χ0) is 9.26. The van der Waals surface area contributed by atoms with Crippen LogP contribution in [0.3, 0.4) is 0 Å². The largest absolute Gasteiger partial charge is 0.387 e. The average Bonchev–Trinajstić information content (AvgIpc) is 2.48. The first kappa shape index (κ1) is 7.66. The van der Waals surface area contributed by atoms with Gasteiger partial charge in [-0.2, -0.15) is 5.10 Å². The third-order valence-corrected chi connectivity index (χ3v) is 1.66. The summed E-state index contributed by atoms with van der Waals surface area (Å²) in [5.74, 6) is 0.636. The maximum atomic E-state index is 7.15. The van der Waals surface area contributed by atoms with Crippen molar-refractivity contribution in [2.75, 3.05) is 0 Å². The fraction of sp³-hybridized carbons (Fsp3) is 0.143. The third kappa shape index (κ3) is 1.33. The van der Waals surface area contributed by atoms with Gasteiger partial charge in [-0.05, 0) is 0 Å². The number of hydrogen-bond acceptors (Lipinski definition) is 4. The molecule has 2 aromatic rings. The minimum Gasteiger partial charge on any atom is -0.387 e. The molecule has 6 heteroatoms. The van der Waals surface area contributed by atoms with E-state index in [-0.39, 0.29) is 5.84 Å². The Hall–Kier alpha value is -1.98. The molecule has 13 heavy (non-hydrogen) atoms. The summed E-state index contributed by atoms with van der Waals surface area (Å²) in [7, 11) is 0. The average molecular weight is 176 g/mol. The van der Waals surface area contributed by atoms with Crippen molar-refractivity contribution in [1.29, 1.82) is 5.41 Å². The summed E-state index contributed by atoms with van der Waals surface area (Å²) in [6, 6.07) is 0. The zero-order valence-corrected chi connectivity index (χ0v) is 6.81. The van der Waals surface area contributed by atoms with Crippen LogP contribution < -0.4 is 5.73 Å². The highest BCUT2D eigenvalue weighted by molar-refractivity contribution is 5.79. The van der Waals surface area contributed by atoms with E-state index in [0.29, 0.717) is 12.2 Å². The second-order valence-corrected chi connectivity index (χ2v) is 2.64. The van der Waals surface area contributed by atoms with Gasteiger partial charge in [-0.3, -0.25) is 9.81 Å². The van der Waals surface area contributed by atoms with Crippen molar-refractivity contribution in [1.82, 2.24) is 19.6 Å². The molecule has 0 amide bonds. The zero-order valence-electron chi connectivity index (χ0n) is 6.81. The molecule has 6 nitrogen and oxygen atoms in total. The smallest absolute Gasteiger partial charge is 0.253 e. The Morgan fingerprint density at radius 3 is 3.23 bits per heavy atom. The maximum absolute atomic E-state index is 7.15. The molecule has 0 saturated heterocycles. The van der Waals surface area contributed by atoms with Crippen LogP contribution in [0.4, 0.5) is 0 Å². The first-order chi connectivity index (χ1) is 6.27. The van der Waals surface area contributed by atoms with Crippen LogP contribution in [0, 0.1) is 5.41 Å².